The molecule has 1 N–H and O–H groups in total. The van der Waals surface area contributed by atoms with Gasteiger partial charge in [-0.15, -0.1) is 13.2 Å². The van der Waals surface area contributed by atoms with Crippen LogP contribution in [-0.4, -0.2) is 30.5 Å². The van der Waals surface area contributed by atoms with Crippen LogP contribution in [0.4, 0.5) is 18.9 Å². The number of anilines is 1. The van der Waals surface area contributed by atoms with Crippen LogP contribution in [0.15, 0.2) is 60.7 Å². The number of para-hydroxylation sites is 2. The number of alkyl halides is 3. The highest BCUT2D eigenvalue weighted by Gasteiger charge is 2.32. The second-order valence-corrected chi connectivity index (χ2v) is 7.26. The van der Waals surface area contributed by atoms with Gasteiger partial charge in [0.05, 0.1) is 17.4 Å². The summed E-state index contributed by atoms with van der Waals surface area (Å²) < 4.78 is 52.4. The molecule has 0 bridgehead atoms. The van der Waals surface area contributed by atoms with Crippen molar-refractivity contribution in [2.75, 3.05) is 12.4 Å². The van der Waals surface area contributed by atoms with E-state index in [0.717, 1.165) is 11.8 Å². The standard InChI is InChI=1S/C24H23F3N2O4/c1-15(31-3)14-18-10-13-20(16(2)28-18)23(30)29-17-8-11-19(12-9-17)32-21-6-4-5-7-22(21)33-24(25,26)27/h4-13,15H,14H2,1-3H3,(H,29,30). The number of aromatic nitrogens is 1. The SMILES string of the molecule is COC(C)Cc1ccc(C(=O)Nc2ccc(Oc3ccccc3OC(F)(F)F)cc2)c(C)n1. The van der Waals surface area contributed by atoms with Crippen LogP contribution in [-0.2, 0) is 11.2 Å². The molecule has 6 nitrogen and oxygen atoms in total. The summed E-state index contributed by atoms with van der Waals surface area (Å²) in [5.41, 5.74) is 2.34. The lowest BCUT2D eigenvalue weighted by atomic mass is 10.1. The fourth-order valence-corrected chi connectivity index (χ4v) is 3.02. The summed E-state index contributed by atoms with van der Waals surface area (Å²) in [6.07, 6.45) is -4.18. The highest BCUT2D eigenvalue weighted by atomic mass is 19.4. The summed E-state index contributed by atoms with van der Waals surface area (Å²) in [5.74, 6) is -0.588. The van der Waals surface area contributed by atoms with Gasteiger partial charge >= 0.3 is 6.36 Å². The number of benzene rings is 2. The smallest absolute Gasteiger partial charge is 0.453 e. The molecular weight excluding hydrogens is 437 g/mol. The first-order valence-electron chi connectivity index (χ1n) is 10.1. The number of aryl methyl sites for hydroxylation is 1. The molecule has 0 fully saturated rings. The van der Waals surface area contributed by atoms with Crippen molar-refractivity contribution < 1.29 is 32.2 Å². The van der Waals surface area contributed by atoms with Crippen LogP contribution in [0, 0.1) is 6.92 Å². The number of amides is 1. The molecule has 0 saturated carbocycles. The van der Waals surface area contributed by atoms with Gasteiger partial charge in [0.2, 0.25) is 0 Å². The summed E-state index contributed by atoms with van der Waals surface area (Å²) in [4.78, 5) is 17.1. The average molecular weight is 460 g/mol. The van der Waals surface area contributed by atoms with E-state index in [9.17, 15) is 18.0 Å². The van der Waals surface area contributed by atoms with Crippen LogP contribution in [0.3, 0.4) is 0 Å². The molecule has 2 aromatic carbocycles. The highest BCUT2D eigenvalue weighted by Crippen LogP contribution is 2.35. The van der Waals surface area contributed by atoms with Crippen molar-refractivity contribution in [1.29, 1.82) is 0 Å². The fraction of sp³-hybridized carbons (Fsp3) is 0.250. The molecule has 0 saturated heterocycles. The average Bonchev–Trinajstić information content (AvgIpc) is 2.75. The van der Waals surface area contributed by atoms with E-state index in [1.807, 2.05) is 6.92 Å². The molecule has 0 spiro atoms. The van der Waals surface area contributed by atoms with Crippen LogP contribution in [0.25, 0.3) is 0 Å². The Labute approximate surface area is 189 Å². The number of pyridine rings is 1. The maximum Gasteiger partial charge on any atom is 0.573 e. The van der Waals surface area contributed by atoms with Crippen molar-refractivity contribution in [3.63, 3.8) is 0 Å². The summed E-state index contributed by atoms with van der Waals surface area (Å²) in [5, 5.41) is 2.77. The van der Waals surface area contributed by atoms with Crippen molar-refractivity contribution in [2.24, 2.45) is 0 Å². The van der Waals surface area contributed by atoms with Crippen molar-refractivity contribution in [3.8, 4) is 17.2 Å². The van der Waals surface area contributed by atoms with Gasteiger partial charge in [-0.1, -0.05) is 12.1 Å². The van der Waals surface area contributed by atoms with Gasteiger partial charge in [0, 0.05) is 24.9 Å². The molecule has 1 amide bonds. The third-order valence-corrected chi connectivity index (χ3v) is 4.70. The van der Waals surface area contributed by atoms with Crippen molar-refractivity contribution in [2.45, 2.75) is 32.7 Å². The molecule has 33 heavy (non-hydrogen) atoms. The number of carbonyl (C=O) groups is 1. The van der Waals surface area contributed by atoms with Crippen LogP contribution in [0.1, 0.15) is 28.7 Å². The molecule has 0 aliphatic rings. The molecule has 0 radical (unpaired) electrons. The number of hydrogen-bond donors (Lipinski definition) is 1. The lowest BCUT2D eigenvalue weighted by molar-refractivity contribution is -0.275. The van der Waals surface area contributed by atoms with E-state index in [1.54, 1.807) is 38.3 Å². The first kappa shape index (κ1) is 24.1. The highest BCUT2D eigenvalue weighted by molar-refractivity contribution is 6.05. The minimum atomic E-state index is -4.83. The van der Waals surface area contributed by atoms with Crippen molar-refractivity contribution in [1.82, 2.24) is 4.98 Å². The van der Waals surface area contributed by atoms with Gasteiger partial charge in [0.15, 0.2) is 11.5 Å². The Bertz CT molecular complexity index is 1100. The third kappa shape index (κ3) is 6.95. The Kier molecular flexibility index (Phi) is 7.55. The number of halogens is 3. The molecular formula is C24H23F3N2O4. The predicted octanol–water partition coefficient (Wildman–Crippen LogP) is 5.91. The summed E-state index contributed by atoms with van der Waals surface area (Å²) >= 11 is 0. The number of rotatable bonds is 8. The first-order chi connectivity index (χ1) is 15.6. The van der Waals surface area contributed by atoms with Crippen LogP contribution >= 0.6 is 0 Å². The summed E-state index contributed by atoms with van der Waals surface area (Å²) in [6.45, 7) is 3.69. The second kappa shape index (κ2) is 10.4. The van der Waals surface area contributed by atoms with Gasteiger partial charge in [-0.05, 0) is 62.4 Å². The van der Waals surface area contributed by atoms with Crippen molar-refractivity contribution >= 4 is 11.6 Å². The largest absolute Gasteiger partial charge is 0.573 e. The molecule has 1 heterocycles. The summed E-state index contributed by atoms with van der Waals surface area (Å²) in [6, 6.07) is 15.2. The predicted molar refractivity (Wildman–Crippen MR) is 117 cm³/mol. The number of nitrogens with zero attached hydrogens (tertiary/aromatic N) is 1. The van der Waals surface area contributed by atoms with E-state index >= 15 is 0 Å². The van der Waals surface area contributed by atoms with E-state index < -0.39 is 12.1 Å². The molecule has 9 heteroatoms. The first-order valence-corrected chi connectivity index (χ1v) is 10.1. The molecule has 3 aromatic rings. The molecule has 174 valence electrons. The second-order valence-electron chi connectivity index (χ2n) is 7.26. The van der Waals surface area contributed by atoms with Crippen molar-refractivity contribution in [3.05, 3.63) is 77.6 Å². The fourth-order valence-electron chi connectivity index (χ4n) is 3.02. The van der Waals surface area contributed by atoms with Gasteiger partial charge in [-0.25, -0.2) is 0 Å². The molecule has 3 rings (SSSR count). The molecule has 1 atom stereocenters. The third-order valence-electron chi connectivity index (χ3n) is 4.70. The topological polar surface area (TPSA) is 69.7 Å². The Morgan fingerprint density at radius 1 is 1.03 bits per heavy atom. The van der Waals surface area contributed by atoms with Crippen LogP contribution < -0.4 is 14.8 Å². The van der Waals surface area contributed by atoms with E-state index in [-0.39, 0.29) is 23.5 Å². The Hall–Kier alpha value is -3.59. The lowest BCUT2D eigenvalue weighted by Crippen LogP contribution is -2.17. The van der Waals surface area contributed by atoms with E-state index in [0.29, 0.717) is 23.4 Å². The number of hydrogen-bond acceptors (Lipinski definition) is 5. The zero-order chi connectivity index (χ0) is 24.0. The molecule has 0 aliphatic carbocycles. The Morgan fingerprint density at radius 3 is 2.30 bits per heavy atom. The van der Waals surface area contributed by atoms with E-state index in [4.69, 9.17) is 9.47 Å². The normalized spacial score (nSPS) is 12.2. The zero-order valence-corrected chi connectivity index (χ0v) is 18.3. The maximum absolute atomic E-state index is 12.6. The zero-order valence-electron chi connectivity index (χ0n) is 18.3. The molecule has 0 aliphatic heterocycles. The number of nitrogens with one attached hydrogen (secondary N) is 1. The number of methoxy groups -OCH3 is 1. The van der Waals surface area contributed by atoms with Crippen LogP contribution in [0.5, 0.6) is 17.2 Å². The van der Waals surface area contributed by atoms with Gasteiger partial charge in [-0.3, -0.25) is 9.78 Å². The number of carbonyl (C=O) groups excluding carboxylic acids is 1. The van der Waals surface area contributed by atoms with Gasteiger partial charge in [-0.2, -0.15) is 0 Å². The molecule has 1 unspecified atom stereocenters. The maximum atomic E-state index is 12.6. The van der Waals surface area contributed by atoms with Gasteiger partial charge in [0.1, 0.15) is 5.75 Å². The Balaban J connectivity index is 1.66. The minimum absolute atomic E-state index is 0.0179. The van der Waals surface area contributed by atoms with E-state index in [1.165, 1.54) is 30.3 Å². The minimum Gasteiger partial charge on any atom is -0.453 e. The van der Waals surface area contributed by atoms with Gasteiger partial charge < -0.3 is 19.5 Å². The van der Waals surface area contributed by atoms with Gasteiger partial charge in [0.25, 0.3) is 5.91 Å². The monoisotopic (exact) mass is 460 g/mol. The van der Waals surface area contributed by atoms with Crippen LogP contribution in [0.2, 0.25) is 0 Å². The lowest BCUT2D eigenvalue weighted by Gasteiger charge is -2.14. The Morgan fingerprint density at radius 2 is 1.70 bits per heavy atom. The van der Waals surface area contributed by atoms with E-state index in [2.05, 4.69) is 15.0 Å². The quantitative estimate of drug-likeness (QED) is 0.453. The summed E-state index contributed by atoms with van der Waals surface area (Å²) in [7, 11) is 1.63. The molecule has 1 aromatic heterocycles. The number of ether oxygens (including phenoxy) is 3.